The van der Waals surface area contributed by atoms with Crippen LogP contribution in [0, 0.1) is 6.92 Å². The van der Waals surface area contributed by atoms with Gasteiger partial charge in [-0.3, -0.25) is 4.79 Å². The quantitative estimate of drug-likeness (QED) is 0.920. The Hall–Kier alpha value is -1.06. The van der Waals surface area contributed by atoms with Crippen molar-refractivity contribution in [2.75, 3.05) is 19.6 Å². The van der Waals surface area contributed by atoms with Crippen molar-refractivity contribution in [3.63, 3.8) is 0 Å². The Morgan fingerprint density at radius 1 is 1.32 bits per heavy atom. The monoisotopic (exact) mass is 280 g/mol. The molecule has 1 fully saturated rings. The number of hydrogen-bond donors (Lipinski definition) is 1. The Morgan fingerprint density at radius 2 is 2.05 bits per heavy atom. The molecule has 104 valence electrons. The maximum absolute atomic E-state index is 12.0. The largest absolute Gasteiger partial charge is 0.342 e. The van der Waals surface area contributed by atoms with Crippen molar-refractivity contribution in [2.24, 2.45) is 0 Å². The number of nitrogens with zero attached hydrogens (tertiary/aromatic N) is 1. The van der Waals surface area contributed by atoms with Gasteiger partial charge in [-0.2, -0.15) is 0 Å². The highest BCUT2D eigenvalue weighted by atomic mass is 35.5. The number of carbonyl (C=O) groups excluding carboxylic acids is 1. The Balaban J connectivity index is 1.78. The van der Waals surface area contributed by atoms with E-state index >= 15 is 0 Å². The van der Waals surface area contributed by atoms with Crippen molar-refractivity contribution in [1.29, 1.82) is 0 Å². The van der Waals surface area contributed by atoms with Crippen molar-refractivity contribution in [3.8, 4) is 0 Å². The summed E-state index contributed by atoms with van der Waals surface area (Å²) in [5.41, 5.74) is 2.35. The molecular formula is C15H21ClN2O. The minimum absolute atomic E-state index is 0.214. The lowest BCUT2D eigenvalue weighted by Gasteiger charge is -2.26. The summed E-state index contributed by atoms with van der Waals surface area (Å²) in [7, 11) is 0. The molecular weight excluding hydrogens is 260 g/mol. The number of rotatable bonds is 4. The van der Waals surface area contributed by atoms with Gasteiger partial charge in [0.1, 0.15) is 0 Å². The normalized spacial score (nSPS) is 15.6. The average Bonchev–Trinajstić information content (AvgIpc) is 2.42. The predicted molar refractivity (Wildman–Crippen MR) is 78.3 cm³/mol. The molecule has 1 saturated heterocycles. The molecule has 0 aliphatic carbocycles. The number of hydrogen-bond acceptors (Lipinski definition) is 2. The van der Waals surface area contributed by atoms with Gasteiger partial charge in [-0.25, -0.2) is 0 Å². The lowest BCUT2D eigenvalue weighted by molar-refractivity contribution is -0.131. The van der Waals surface area contributed by atoms with Crippen LogP contribution in [0.4, 0.5) is 0 Å². The molecule has 2 rings (SSSR count). The van der Waals surface area contributed by atoms with Gasteiger partial charge in [-0.15, -0.1) is 0 Å². The molecule has 1 aliphatic rings. The van der Waals surface area contributed by atoms with E-state index in [4.69, 9.17) is 11.6 Å². The molecule has 3 nitrogen and oxygen atoms in total. The fraction of sp³-hybridized carbons (Fsp3) is 0.533. The number of aryl methyl sites for hydroxylation is 1. The molecule has 1 N–H and O–H groups in total. The zero-order chi connectivity index (χ0) is 13.7. The first-order valence-electron chi connectivity index (χ1n) is 6.90. The summed E-state index contributed by atoms with van der Waals surface area (Å²) >= 11 is 5.92. The van der Waals surface area contributed by atoms with E-state index in [9.17, 15) is 4.79 Å². The highest BCUT2D eigenvalue weighted by Crippen LogP contribution is 2.15. The van der Waals surface area contributed by atoms with Crippen LogP contribution in [-0.2, 0) is 11.3 Å². The molecule has 0 radical (unpaired) electrons. The molecule has 4 heteroatoms. The molecule has 0 unspecified atom stereocenters. The molecule has 0 atom stereocenters. The second-order valence-corrected chi connectivity index (χ2v) is 5.55. The van der Waals surface area contributed by atoms with E-state index in [1.165, 1.54) is 12.0 Å². The summed E-state index contributed by atoms with van der Waals surface area (Å²) in [4.78, 5) is 13.9. The second kappa shape index (κ2) is 6.92. The minimum Gasteiger partial charge on any atom is -0.342 e. The lowest BCUT2D eigenvalue weighted by Crippen LogP contribution is -2.41. The van der Waals surface area contributed by atoms with Gasteiger partial charge in [0, 0.05) is 24.7 Å². The smallest absolute Gasteiger partial charge is 0.236 e. The maximum Gasteiger partial charge on any atom is 0.236 e. The first-order valence-corrected chi connectivity index (χ1v) is 7.28. The van der Waals surface area contributed by atoms with Crippen LogP contribution < -0.4 is 5.32 Å². The van der Waals surface area contributed by atoms with Gasteiger partial charge in [-0.05, 0) is 49.4 Å². The SMILES string of the molecule is Cc1cc(Cl)ccc1CNCC(=O)N1CCCCC1. The van der Waals surface area contributed by atoms with Crippen molar-refractivity contribution in [3.05, 3.63) is 34.3 Å². The van der Waals surface area contributed by atoms with Crippen LogP contribution in [-0.4, -0.2) is 30.4 Å². The van der Waals surface area contributed by atoms with Crippen molar-refractivity contribution < 1.29 is 4.79 Å². The zero-order valence-corrected chi connectivity index (χ0v) is 12.2. The standard InChI is InChI=1S/C15H21ClN2O/c1-12-9-14(16)6-5-13(12)10-17-11-15(19)18-7-3-2-4-8-18/h5-6,9,17H,2-4,7-8,10-11H2,1H3. The van der Waals surface area contributed by atoms with E-state index in [1.807, 2.05) is 30.0 Å². The van der Waals surface area contributed by atoms with Gasteiger partial charge >= 0.3 is 0 Å². The lowest BCUT2D eigenvalue weighted by atomic mass is 10.1. The number of amides is 1. The van der Waals surface area contributed by atoms with E-state index in [2.05, 4.69) is 5.32 Å². The fourth-order valence-corrected chi connectivity index (χ4v) is 2.64. The third-order valence-electron chi connectivity index (χ3n) is 3.61. The van der Waals surface area contributed by atoms with E-state index < -0.39 is 0 Å². The van der Waals surface area contributed by atoms with E-state index in [0.29, 0.717) is 13.1 Å². The maximum atomic E-state index is 12.0. The van der Waals surface area contributed by atoms with Crippen LogP contribution in [0.25, 0.3) is 0 Å². The fourth-order valence-electron chi connectivity index (χ4n) is 2.42. The molecule has 1 aromatic carbocycles. The molecule has 0 aromatic heterocycles. The summed E-state index contributed by atoms with van der Waals surface area (Å²) in [5.74, 6) is 0.214. The number of piperidine rings is 1. The summed E-state index contributed by atoms with van der Waals surface area (Å²) < 4.78 is 0. The van der Waals surface area contributed by atoms with Gasteiger partial charge in [0.15, 0.2) is 0 Å². The Morgan fingerprint density at radius 3 is 2.74 bits per heavy atom. The number of halogens is 1. The van der Waals surface area contributed by atoms with Gasteiger partial charge in [0.25, 0.3) is 0 Å². The summed E-state index contributed by atoms with van der Waals surface area (Å²) in [6.45, 7) is 5.00. The first-order chi connectivity index (χ1) is 9.16. The van der Waals surface area contributed by atoms with Gasteiger partial charge in [-0.1, -0.05) is 17.7 Å². The van der Waals surface area contributed by atoms with E-state index in [0.717, 1.165) is 36.5 Å². The molecule has 1 aliphatic heterocycles. The summed E-state index contributed by atoms with van der Waals surface area (Å²) in [6, 6.07) is 5.85. The average molecular weight is 281 g/mol. The van der Waals surface area contributed by atoms with Crippen LogP contribution >= 0.6 is 11.6 Å². The highest BCUT2D eigenvalue weighted by Gasteiger charge is 2.15. The molecule has 1 amide bonds. The van der Waals surface area contributed by atoms with E-state index in [1.54, 1.807) is 0 Å². The Kier molecular flexibility index (Phi) is 5.23. The minimum atomic E-state index is 0.214. The number of benzene rings is 1. The van der Waals surface area contributed by atoms with Crippen LogP contribution in [0.15, 0.2) is 18.2 Å². The summed E-state index contributed by atoms with van der Waals surface area (Å²) in [6.07, 6.45) is 3.53. The van der Waals surface area contributed by atoms with Gasteiger partial charge < -0.3 is 10.2 Å². The number of likely N-dealkylation sites (tertiary alicyclic amines) is 1. The third-order valence-corrected chi connectivity index (χ3v) is 3.84. The molecule has 19 heavy (non-hydrogen) atoms. The van der Waals surface area contributed by atoms with Gasteiger partial charge in [0.05, 0.1) is 6.54 Å². The highest BCUT2D eigenvalue weighted by molar-refractivity contribution is 6.30. The van der Waals surface area contributed by atoms with Crippen molar-refractivity contribution in [1.82, 2.24) is 10.2 Å². The first kappa shape index (κ1) is 14.4. The van der Waals surface area contributed by atoms with Crippen LogP contribution in [0.3, 0.4) is 0 Å². The molecule has 1 aromatic rings. The van der Waals surface area contributed by atoms with Crippen LogP contribution in [0.2, 0.25) is 5.02 Å². The van der Waals surface area contributed by atoms with Gasteiger partial charge in [0.2, 0.25) is 5.91 Å². The van der Waals surface area contributed by atoms with Crippen molar-refractivity contribution in [2.45, 2.75) is 32.7 Å². The third kappa shape index (κ3) is 4.22. The van der Waals surface area contributed by atoms with Crippen LogP contribution in [0.1, 0.15) is 30.4 Å². The van der Waals surface area contributed by atoms with E-state index in [-0.39, 0.29) is 5.91 Å². The zero-order valence-electron chi connectivity index (χ0n) is 11.4. The molecule has 0 spiro atoms. The number of carbonyl (C=O) groups is 1. The van der Waals surface area contributed by atoms with Crippen LogP contribution in [0.5, 0.6) is 0 Å². The second-order valence-electron chi connectivity index (χ2n) is 5.12. The molecule has 1 heterocycles. The number of nitrogens with one attached hydrogen (secondary N) is 1. The molecule has 0 saturated carbocycles. The summed E-state index contributed by atoms with van der Waals surface area (Å²) in [5, 5.41) is 3.98. The Bertz CT molecular complexity index is 442. The molecule has 0 bridgehead atoms. The Labute approximate surface area is 119 Å². The van der Waals surface area contributed by atoms with Crippen molar-refractivity contribution >= 4 is 17.5 Å². The predicted octanol–water partition coefficient (Wildman–Crippen LogP) is 2.75. The topological polar surface area (TPSA) is 32.3 Å².